The predicted molar refractivity (Wildman–Crippen MR) is 98.9 cm³/mol. The van der Waals surface area contributed by atoms with Crippen LogP contribution in [0.15, 0.2) is 48.9 Å². The molecule has 3 heterocycles. The molecule has 0 fully saturated rings. The third-order valence-electron chi connectivity index (χ3n) is 4.39. The minimum Gasteiger partial charge on any atom is -0.323 e. The van der Waals surface area contributed by atoms with E-state index in [0.29, 0.717) is 12.1 Å². The lowest BCUT2D eigenvalue weighted by molar-refractivity contribution is -0.119. The molecule has 136 valence electrons. The molecule has 0 unspecified atom stereocenters. The number of hydrogen-bond donors (Lipinski definition) is 1. The molecule has 1 atom stereocenters. The Balaban J connectivity index is 1.61. The summed E-state index contributed by atoms with van der Waals surface area (Å²) in [5.41, 5.74) is 3.25. The van der Waals surface area contributed by atoms with E-state index in [9.17, 15) is 4.79 Å². The minimum absolute atomic E-state index is 0.214. The van der Waals surface area contributed by atoms with Crippen LogP contribution in [0.1, 0.15) is 17.3 Å². The first-order valence-corrected chi connectivity index (χ1v) is 8.48. The van der Waals surface area contributed by atoms with Gasteiger partial charge in [0.2, 0.25) is 5.91 Å². The maximum atomic E-state index is 13.0. The van der Waals surface area contributed by atoms with Crippen molar-refractivity contribution in [3.8, 4) is 0 Å². The molecule has 9 nitrogen and oxygen atoms in total. The Kier molecular flexibility index (Phi) is 4.33. The van der Waals surface area contributed by atoms with Gasteiger partial charge in [0.1, 0.15) is 12.4 Å². The number of carbonyl (C=O) groups excluding carboxylic acids is 1. The predicted octanol–water partition coefficient (Wildman–Crippen LogP) is 1.69. The van der Waals surface area contributed by atoms with Crippen LogP contribution in [0.3, 0.4) is 0 Å². The van der Waals surface area contributed by atoms with E-state index in [1.165, 1.54) is 11.0 Å². The number of pyridine rings is 1. The average molecular weight is 362 g/mol. The number of rotatable bonds is 5. The summed E-state index contributed by atoms with van der Waals surface area (Å²) in [5, 5.41) is 19.4. The Morgan fingerprint density at radius 3 is 2.81 bits per heavy atom. The SMILES string of the molecule is Cc1nn(C)c2ncc(NC(=O)[C@H](Cc3ccccc3)n3cnnn3)cc12. The van der Waals surface area contributed by atoms with E-state index in [1.54, 1.807) is 10.9 Å². The van der Waals surface area contributed by atoms with Gasteiger partial charge in [0.05, 0.1) is 17.6 Å². The molecular formula is C18H18N8O. The van der Waals surface area contributed by atoms with Crippen molar-refractivity contribution in [3.05, 3.63) is 60.2 Å². The smallest absolute Gasteiger partial charge is 0.249 e. The van der Waals surface area contributed by atoms with E-state index < -0.39 is 6.04 Å². The maximum absolute atomic E-state index is 13.0. The van der Waals surface area contributed by atoms with Crippen molar-refractivity contribution in [1.29, 1.82) is 0 Å². The monoisotopic (exact) mass is 362 g/mol. The normalized spacial score (nSPS) is 12.2. The standard InChI is InChI=1S/C18H18N8O/c1-12-15-9-14(10-19-17(15)25(2)22-12)21-18(27)16(26-11-20-23-24-26)8-13-6-4-3-5-7-13/h3-7,9-11,16H,8H2,1-2H3,(H,21,27)/t16-/m0/s1. The van der Waals surface area contributed by atoms with Crippen LogP contribution in [0.4, 0.5) is 5.69 Å². The number of tetrazole rings is 1. The fraction of sp³-hybridized carbons (Fsp3) is 0.222. The summed E-state index contributed by atoms with van der Waals surface area (Å²) in [4.78, 5) is 17.4. The molecule has 27 heavy (non-hydrogen) atoms. The molecule has 0 aliphatic rings. The van der Waals surface area contributed by atoms with Gasteiger partial charge in [-0.15, -0.1) is 5.10 Å². The average Bonchev–Trinajstić information content (AvgIpc) is 3.29. The largest absolute Gasteiger partial charge is 0.323 e. The number of aromatic nitrogens is 7. The van der Waals surface area contributed by atoms with Crippen LogP contribution in [0.25, 0.3) is 11.0 Å². The van der Waals surface area contributed by atoms with Crippen molar-refractivity contribution in [2.45, 2.75) is 19.4 Å². The third-order valence-corrected chi connectivity index (χ3v) is 4.39. The Labute approximate surface area is 155 Å². The van der Waals surface area contributed by atoms with Crippen molar-refractivity contribution in [1.82, 2.24) is 35.0 Å². The van der Waals surface area contributed by atoms with Crippen molar-refractivity contribution in [2.75, 3.05) is 5.32 Å². The number of nitrogens with one attached hydrogen (secondary N) is 1. The second-order valence-electron chi connectivity index (χ2n) is 6.29. The molecule has 0 spiro atoms. The van der Waals surface area contributed by atoms with Gasteiger partial charge in [-0.05, 0) is 29.0 Å². The summed E-state index contributed by atoms with van der Waals surface area (Å²) >= 11 is 0. The van der Waals surface area contributed by atoms with E-state index in [0.717, 1.165) is 22.3 Å². The topological polar surface area (TPSA) is 103 Å². The van der Waals surface area contributed by atoms with Crippen LogP contribution in [0, 0.1) is 6.92 Å². The van der Waals surface area contributed by atoms with Gasteiger partial charge in [-0.2, -0.15) is 5.10 Å². The lowest BCUT2D eigenvalue weighted by Gasteiger charge is -2.16. The summed E-state index contributed by atoms with van der Waals surface area (Å²) in [7, 11) is 1.84. The van der Waals surface area contributed by atoms with Crippen LogP contribution in [0.2, 0.25) is 0 Å². The highest BCUT2D eigenvalue weighted by atomic mass is 16.2. The van der Waals surface area contributed by atoms with E-state index in [-0.39, 0.29) is 5.91 Å². The van der Waals surface area contributed by atoms with Crippen LogP contribution >= 0.6 is 0 Å². The lowest BCUT2D eigenvalue weighted by atomic mass is 10.1. The fourth-order valence-electron chi connectivity index (χ4n) is 3.06. The fourth-order valence-corrected chi connectivity index (χ4v) is 3.06. The number of aryl methyl sites for hydroxylation is 2. The Hall–Kier alpha value is -3.62. The van der Waals surface area contributed by atoms with E-state index in [4.69, 9.17) is 0 Å². The zero-order valence-corrected chi connectivity index (χ0v) is 14.9. The molecule has 0 saturated carbocycles. The zero-order chi connectivity index (χ0) is 18.8. The highest BCUT2D eigenvalue weighted by Crippen LogP contribution is 2.21. The van der Waals surface area contributed by atoms with Gasteiger partial charge in [-0.1, -0.05) is 30.3 Å². The van der Waals surface area contributed by atoms with Crippen molar-refractivity contribution >= 4 is 22.6 Å². The van der Waals surface area contributed by atoms with Crippen molar-refractivity contribution in [2.24, 2.45) is 7.05 Å². The van der Waals surface area contributed by atoms with Crippen molar-refractivity contribution in [3.63, 3.8) is 0 Å². The molecule has 0 aliphatic heterocycles. The minimum atomic E-state index is -0.576. The van der Waals surface area contributed by atoms with Gasteiger partial charge in [-0.25, -0.2) is 9.67 Å². The molecule has 3 aromatic heterocycles. The Morgan fingerprint density at radius 1 is 1.26 bits per heavy atom. The van der Waals surface area contributed by atoms with Gasteiger partial charge in [0.15, 0.2) is 5.65 Å². The quantitative estimate of drug-likeness (QED) is 0.579. The second-order valence-corrected chi connectivity index (χ2v) is 6.29. The first-order chi connectivity index (χ1) is 13.1. The Morgan fingerprint density at radius 2 is 2.07 bits per heavy atom. The summed E-state index contributed by atoms with van der Waals surface area (Å²) in [6, 6.07) is 11.1. The van der Waals surface area contributed by atoms with Gasteiger partial charge in [-0.3, -0.25) is 9.48 Å². The highest BCUT2D eigenvalue weighted by molar-refractivity contribution is 5.95. The van der Waals surface area contributed by atoms with Gasteiger partial charge in [0.25, 0.3) is 0 Å². The van der Waals surface area contributed by atoms with Gasteiger partial charge >= 0.3 is 0 Å². The zero-order valence-electron chi connectivity index (χ0n) is 14.9. The number of carbonyl (C=O) groups is 1. The van der Waals surface area contributed by atoms with Gasteiger partial charge in [0, 0.05) is 18.9 Å². The molecular weight excluding hydrogens is 344 g/mol. The molecule has 4 aromatic rings. The molecule has 4 rings (SSSR count). The number of fused-ring (bicyclic) bond motifs is 1. The number of amides is 1. The Bertz CT molecular complexity index is 1070. The number of benzene rings is 1. The summed E-state index contributed by atoms with van der Waals surface area (Å²) < 4.78 is 3.18. The number of anilines is 1. The molecule has 1 aromatic carbocycles. The van der Waals surface area contributed by atoms with Crippen molar-refractivity contribution < 1.29 is 4.79 Å². The number of hydrogen-bond acceptors (Lipinski definition) is 6. The first-order valence-electron chi connectivity index (χ1n) is 8.48. The van der Waals surface area contributed by atoms with Crippen LogP contribution in [0.5, 0.6) is 0 Å². The summed E-state index contributed by atoms with van der Waals surface area (Å²) in [6.45, 7) is 1.91. The van der Waals surface area contributed by atoms with Gasteiger partial charge < -0.3 is 5.32 Å². The molecule has 0 aliphatic carbocycles. The van der Waals surface area contributed by atoms with Crippen LogP contribution in [-0.2, 0) is 18.3 Å². The summed E-state index contributed by atoms with van der Waals surface area (Å²) in [5.74, 6) is -0.214. The molecule has 1 N–H and O–H groups in total. The van der Waals surface area contributed by atoms with E-state index in [1.807, 2.05) is 50.4 Å². The number of nitrogens with zero attached hydrogens (tertiary/aromatic N) is 7. The molecule has 1 amide bonds. The molecule has 0 bridgehead atoms. The van der Waals surface area contributed by atoms with Crippen LogP contribution in [-0.4, -0.2) is 40.9 Å². The molecule has 9 heteroatoms. The third kappa shape index (κ3) is 3.39. The lowest BCUT2D eigenvalue weighted by Crippen LogP contribution is -2.28. The first kappa shape index (κ1) is 16.8. The van der Waals surface area contributed by atoms with Crippen LogP contribution < -0.4 is 5.32 Å². The molecule has 0 radical (unpaired) electrons. The second kappa shape index (κ2) is 6.94. The maximum Gasteiger partial charge on any atom is 0.249 e. The molecule has 0 saturated heterocycles. The highest BCUT2D eigenvalue weighted by Gasteiger charge is 2.23. The van der Waals surface area contributed by atoms with E-state index >= 15 is 0 Å². The van der Waals surface area contributed by atoms with E-state index in [2.05, 4.69) is 30.9 Å². The summed E-state index contributed by atoms with van der Waals surface area (Å²) in [6.07, 6.45) is 3.54.